The number of hydrogen-bond acceptors (Lipinski definition) is 3. The molecule has 0 aliphatic rings. The highest BCUT2D eigenvalue weighted by Crippen LogP contribution is 2.22. The maximum Gasteiger partial charge on any atom is 0.270 e. The van der Waals surface area contributed by atoms with E-state index in [2.05, 4.69) is 17.4 Å². The smallest absolute Gasteiger partial charge is 0.270 e. The Kier molecular flexibility index (Phi) is 5.71. The lowest BCUT2D eigenvalue weighted by Crippen LogP contribution is -2.25. The Hall–Kier alpha value is -2.40. The highest BCUT2D eigenvalue weighted by molar-refractivity contribution is 6.34. The van der Waals surface area contributed by atoms with Gasteiger partial charge < -0.3 is 5.32 Å². The average Bonchev–Trinajstić information content (AvgIpc) is 2.51. The molecule has 0 saturated carbocycles. The standard InChI is InChI=1S/C17H17ClN2O3/c1-12-4-2-5-13(10-12)6-3-9-19-17(21)15-8-7-14(20(22)23)11-16(15)18/h2,4-5,7-8,10-11H,3,6,9H2,1H3,(H,19,21). The minimum atomic E-state index is -0.546. The number of nitro benzene ring substituents is 1. The molecule has 0 aliphatic heterocycles. The number of non-ortho nitro benzene ring substituents is 1. The van der Waals surface area contributed by atoms with Crippen molar-refractivity contribution in [1.29, 1.82) is 0 Å². The number of carbonyl (C=O) groups is 1. The molecule has 0 spiro atoms. The fourth-order valence-corrected chi connectivity index (χ4v) is 2.52. The summed E-state index contributed by atoms with van der Waals surface area (Å²) in [4.78, 5) is 22.2. The van der Waals surface area contributed by atoms with Crippen molar-refractivity contribution in [3.63, 3.8) is 0 Å². The Balaban J connectivity index is 1.86. The van der Waals surface area contributed by atoms with Crippen LogP contribution < -0.4 is 5.32 Å². The third-order valence-corrected chi connectivity index (χ3v) is 3.73. The molecule has 0 fully saturated rings. The summed E-state index contributed by atoms with van der Waals surface area (Å²) in [6, 6.07) is 12.1. The molecular weight excluding hydrogens is 316 g/mol. The molecule has 120 valence electrons. The average molecular weight is 333 g/mol. The number of carbonyl (C=O) groups excluding carboxylic acids is 1. The van der Waals surface area contributed by atoms with Gasteiger partial charge >= 0.3 is 0 Å². The number of amides is 1. The molecule has 1 amide bonds. The van der Waals surface area contributed by atoms with Crippen molar-refractivity contribution in [2.24, 2.45) is 0 Å². The number of nitro groups is 1. The third-order valence-electron chi connectivity index (χ3n) is 3.42. The van der Waals surface area contributed by atoms with Crippen molar-refractivity contribution in [3.8, 4) is 0 Å². The highest BCUT2D eigenvalue weighted by atomic mass is 35.5. The molecule has 23 heavy (non-hydrogen) atoms. The molecule has 0 saturated heterocycles. The van der Waals surface area contributed by atoms with E-state index < -0.39 is 4.92 Å². The molecule has 0 aromatic heterocycles. The van der Waals surface area contributed by atoms with Crippen LogP contribution in [-0.2, 0) is 6.42 Å². The number of aryl methyl sites for hydroxylation is 2. The molecule has 5 nitrogen and oxygen atoms in total. The predicted molar refractivity (Wildman–Crippen MR) is 89.9 cm³/mol. The van der Waals surface area contributed by atoms with Crippen LogP contribution in [0.3, 0.4) is 0 Å². The Morgan fingerprint density at radius 1 is 1.26 bits per heavy atom. The van der Waals surface area contributed by atoms with Crippen molar-refractivity contribution in [3.05, 3.63) is 74.3 Å². The first kappa shape index (κ1) is 17.0. The molecule has 1 N–H and O–H groups in total. The summed E-state index contributed by atoms with van der Waals surface area (Å²) in [7, 11) is 0. The molecule has 0 heterocycles. The quantitative estimate of drug-likeness (QED) is 0.495. The summed E-state index contributed by atoms with van der Waals surface area (Å²) in [6.07, 6.45) is 1.68. The molecule has 0 unspecified atom stereocenters. The van der Waals surface area contributed by atoms with E-state index in [0.29, 0.717) is 6.54 Å². The second kappa shape index (κ2) is 7.74. The lowest BCUT2D eigenvalue weighted by Gasteiger charge is -2.07. The fraction of sp³-hybridized carbons (Fsp3) is 0.235. The normalized spacial score (nSPS) is 10.3. The summed E-state index contributed by atoms with van der Waals surface area (Å²) >= 11 is 5.93. The Labute approximate surface area is 139 Å². The summed E-state index contributed by atoms with van der Waals surface area (Å²) in [5, 5.41) is 13.5. The van der Waals surface area contributed by atoms with Crippen LogP contribution in [0.25, 0.3) is 0 Å². The minimum Gasteiger partial charge on any atom is -0.352 e. The van der Waals surface area contributed by atoms with Crippen LogP contribution in [0.1, 0.15) is 27.9 Å². The van der Waals surface area contributed by atoms with Gasteiger partial charge in [0.1, 0.15) is 0 Å². The van der Waals surface area contributed by atoms with E-state index in [9.17, 15) is 14.9 Å². The SMILES string of the molecule is Cc1cccc(CCCNC(=O)c2ccc([N+](=O)[O-])cc2Cl)c1. The van der Waals surface area contributed by atoms with Gasteiger partial charge in [0.05, 0.1) is 15.5 Å². The summed E-state index contributed by atoms with van der Waals surface area (Å²) in [5.41, 5.74) is 2.55. The number of nitrogens with one attached hydrogen (secondary N) is 1. The van der Waals surface area contributed by atoms with Gasteiger partial charge in [-0.25, -0.2) is 0 Å². The number of halogens is 1. The number of benzene rings is 2. The fourth-order valence-electron chi connectivity index (χ4n) is 2.26. The zero-order valence-electron chi connectivity index (χ0n) is 12.7. The topological polar surface area (TPSA) is 72.2 Å². The van der Waals surface area contributed by atoms with Gasteiger partial charge in [0, 0.05) is 18.7 Å². The van der Waals surface area contributed by atoms with E-state index >= 15 is 0 Å². The van der Waals surface area contributed by atoms with Crippen LogP contribution in [0, 0.1) is 17.0 Å². The Morgan fingerprint density at radius 2 is 2.04 bits per heavy atom. The van der Waals surface area contributed by atoms with Gasteiger partial charge in [-0.1, -0.05) is 41.4 Å². The van der Waals surface area contributed by atoms with Gasteiger partial charge in [0.2, 0.25) is 0 Å². The molecule has 2 aromatic carbocycles. The zero-order valence-corrected chi connectivity index (χ0v) is 13.5. The van der Waals surface area contributed by atoms with E-state index in [1.807, 2.05) is 19.1 Å². The van der Waals surface area contributed by atoms with Crippen molar-refractivity contribution in [2.75, 3.05) is 6.54 Å². The van der Waals surface area contributed by atoms with Crippen LogP contribution in [0.4, 0.5) is 5.69 Å². The largest absolute Gasteiger partial charge is 0.352 e. The first-order valence-electron chi connectivity index (χ1n) is 7.25. The first-order valence-corrected chi connectivity index (χ1v) is 7.63. The Morgan fingerprint density at radius 3 is 2.70 bits per heavy atom. The maximum absolute atomic E-state index is 12.0. The van der Waals surface area contributed by atoms with Crippen molar-refractivity contribution in [2.45, 2.75) is 19.8 Å². The summed E-state index contributed by atoms with van der Waals surface area (Å²) in [6.45, 7) is 2.56. The monoisotopic (exact) mass is 332 g/mol. The molecule has 0 atom stereocenters. The second-order valence-electron chi connectivity index (χ2n) is 5.27. The lowest BCUT2D eigenvalue weighted by molar-refractivity contribution is -0.384. The number of nitrogens with zero attached hydrogens (tertiary/aromatic N) is 1. The number of rotatable bonds is 6. The zero-order chi connectivity index (χ0) is 16.8. The van der Waals surface area contributed by atoms with E-state index in [0.717, 1.165) is 12.8 Å². The van der Waals surface area contributed by atoms with Crippen molar-refractivity contribution >= 4 is 23.2 Å². The van der Waals surface area contributed by atoms with Gasteiger partial charge in [0.15, 0.2) is 0 Å². The van der Waals surface area contributed by atoms with E-state index in [1.165, 1.54) is 29.3 Å². The highest BCUT2D eigenvalue weighted by Gasteiger charge is 2.14. The third kappa shape index (κ3) is 4.79. The van der Waals surface area contributed by atoms with Gasteiger partial charge in [-0.15, -0.1) is 0 Å². The van der Waals surface area contributed by atoms with Crippen molar-refractivity contribution < 1.29 is 9.72 Å². The van der Waals surface area contributed by atoms with Gasteiger partial charge in [-0.2, -0.15) is 0 Å². The van der Waals surface area contributed by atoms with Crippen molar-refractivity contribution in [1.82, 2.24) is 5.32 Å². The molecular formula is C17H17ClN2O3. The molecule has 0 aliphatic carbocycles. The maximum atomic E-state index is 12.0. The van der Waals surface area contributed by atoms with Crippen LogP contribution in [-0.4, -0.2) is 17.4 Å². The van der Waals surface area contributed by atoms with Crippen LogP contribution in [0.15, 0.2) is 42.5 Å². The summed E-state index contributed by atoms with van der Waals surface area (Å²) < 4.78 is 0. The molecule has 6 heteroatoms. The Bertz CT molecular complexity index is 732. The summed E-state index contributed by atoms with van der Waals surface area (Å²) in [5.74, 6) is -0.325. The minimum absolute atomic E-state index is 0.0791. The van der Waals surface area contributed by atoms with Crippen LogP contribution in [0.5, 0.6) is 0 Å². The van der Waals surface area contributed by atoms with Gasteiger partial charge in [-0.05, 0) is 31.4 Å². The molecule has 2 rings (SSSR count). The molecule has 0 bridgehead atoms. The molecule has 0 radical (unpaired) electrons. The van der Waals surface area contributed by atoms with E-state index in [1.54, 1.807) is 0 Å². The van der Waals surface area contributed by atoms with E-state index in [4.69, 9.17) is 11.6 Å². The van der Waals surface area contributed by atoms with Crippen LogP contribution in [0.2, 0.25) is 5.02 Å². The van der Waals surface area contributed by atoms with Crippen LogP contribution >= 0.6 is 11.6 Å². The predicted octanol–water partition coefficient (Wildman–Crippen LogP) is 3.92. The van der Waals surface area contributed by atoms with Gasteiger partial charge in [-0.3, -0.25) is 14.9 Å². The number of hydrogen-bond donors (Lipinski definition) is 1. The second-order valence-corrected chi connectivity index (χ2v) is 5.68. The first-order chi connectivity index (χ1) is 11.0. The lowest BCUT2D eigenvalue weighted by atomic mass is 10.1. The van der Waals surface area contributed by atoms with E-state index in [-0.39, 0.29) is 22.2 Å². The molecule has 2 aromatic rings. The van der Waals surface area contributed by atoms with Gasteiger partial charge in [0.25, 0.3) is 11.6 Å².